The largest absolute Gasteiger partial charge is 0.476 e. The molecule has 0 aromatic heterocycles. The van der Waals surface area contributed by atoms with E-state index in [9.17, 15) is 22.0 Å². The van der Waals surface area contributed by atoms with Crippen LogP contribution in [0.4, 0.5) is 20.2 Å². The number of amides is 1. The molecule has 1 atom stereocenters. The minimum atomic E-state index is -3.96. The Hall–Kier alpha value is -3.46. The van der Waals surface area contributed by atoms with Crippen LogP contribution >= 0.6 is 0 Å². The molecule has 1 N–H and O–H groups in total. The second-order valence-electron chi connectivity index (χ2n) is 6.54. The quantitative estimate of drug-likeness (QED) is 0.687. The lowest BCUT2D eigenvalue weighted by atomic mass is 10.2. The highest BCUT2D eigenvalue weighted by molar-refractivity contribution is 7.92. The first-order chi connectivity index (χ1) is 14.4. The van der Waals surface area contributed by atoms with Gasteiger partial charge in [-0.25, -0.2) is 17.2 Å². The van der Waals surface area contributed by atoms with E-state index < -0.39 is 33.7 Å². The second-order valence-corrected chi connectivity index (χ2v) is 8.40. The lowest BCUT2D eigenvalue weighted by molar-refractivity contribution is -0.122. The number of anilines is 2. The molecular weight excluding hydrogens is 414 g/mol. The Morgan fingerprint density at radius 1 is 0.967 bits per heavy atom. The summed E-state index contributed by atoms with van der Waals surface area (Å²) in [7, 11) is -3.96. The normalized spacial score (nSPS) is 15.8. The van der Waals surface area contributed by atoms with Gasteiger partial charge in [0.05, 0.1) is 17.1 Å². The highest BCUT2D eigenvalue weighted by Crippen LogP contribution is 2.36. The molecule has 6 nitrogen and oxygen atoms in total. The molecule has 0 saturated carbocycles. The Morgan fingerprint density at radius 3 is 2.40 bits per heavy atom. The Labute approximate surface area is 171 Å². The van der Waals surface area contributed by atoms with E-state index in [-0.39, 0.29) is 22.9 Å². The van der Waals surface area contributed by atoms with Gasteiger partial charge in [0.1, 0.15) is 5.75 Å². The number of hydrogen-bond donors (Lipinski definition) is 1. The van der Waals surface area contributed by atoms with Gasteiger partial charge in [-0.15, -0.1) is 0 Å². The fourth-order valence-corrected chi connectivity index (χ4v) is 4.58. The molecule has 3 aromatic carbocycles. The predicted octanol–water partition coefficient (Wildman–Crippen LogP) is 3.56. The third-order valence-electron chi connectivity index (χ3n) is 4.55. The predicted molar refractivity (Wildman–Crippen MR) is 107 cm³/mol. The maximum absolute atomic E-state index is 13.4. The van der Waals surface area contributed by atoms with Gasteiger partial charge in [-0.3, -0.25) is 9.10 Å². The van der Waals surface area contributed by atoms with Gasteiger partial charge in [0.2, 0.25) is 0 Å². The van der Waals surface area contributed by atoms with Crippen LogP contribution in [-0.4, -0.2) is 27.0 Å². The van der Waals surface area contributed by atoms with Crippen molar-refractivity contribution in [2.75, 3.05) is 16.2 Å². The van der Waals surface area contributed by atoms with Crippen molar-refractivity contribution in [2.24, 2.45) is 0 Å². The second kappa shape index (κ2) is 7.75. The minimum Gasteiger partial charge on any atom is -0.476 e. The molecule has 1 aliphatic heterocycles. The zero-order valence-electron chi connectivity index (χ0n) is 15.5. The third kappa shape index (κ3) is 3.71. The fourth-order valence-electron chi connectivity index (χ4n) is 3.08. The van der Waals surface area contributed by atoms with E-state index in [0.717, 1.165) is 16.4 Å². The Kier molecular flexibility index (Phi) is 5.13. The van der Waals surface area contributed by atoms with Crippen molar-refractivity contribution in [1.29, 1.82) is 0 Å². The summed E-state index contributed by atoms with van der Waals surface area (Å²) < 4.78 is 59.8. The summed E-state index contributed by atoms with van der Waals surface area (Å²) in [6.45, 7) is -0.288. The Balaban J connectivity index is 1.66. The lowest BCUT2D eigenvalue weighted by Crippen LogP contribution is -2.48. The van der Waals surface area contributed by atoms with E-state index in [4.69, 9.17) is 4.74 Å². The number of benzene rings is 3. The lowest BCUT2D eigenvalue weighted by Gasteiger charge is -2.34. The molecule has 0 unspecified atom stereocenters. The van der Waals surface area contributed by atoms with Gasteiger partial charge in [0.25, 0.3) is 15.9 Å². The van der Waals surface area contributed by atoms with Crippen molar-refractivity contribution < 1.29 is 26.7 Å². The molecule has 0 radical (unpaired) electrons. The molecule has 0 spiro atoms. The van der Waals surface area contributed by atoms with Crippen LogP contribution in [0.3, 0.4) is 0 Å². The van der Waals surface area contributed by atoms with E-state index in [1.807, 2.05) is 0 Å². The number of nitrogens with zero attached hydrogens (tertiary/aromatic N) is 1. The van der Waals surface area contributed by atoms with Crippen LogP contribution < -0.4 is 14.4 Å². The summed E-state index contributed by atoms with van der Waals surface area (Å²) in [6, 6.07) is 17.2. The zero-order valence-corrected chi connectivity index (χ0v) is 16.3. The SMILES string of the molecule is O=C(Nc1ccc(F)c(F)c1)[C@H]1CN(S(=O)(=O)c2ccccc2)c2ccccc2O1. The molecule has 154 valence electrons. The summed E-state index contributed by atoms with van der Waals surface area (Å²) in [6.07, 6.45) is -1.20. The van der Waals surface area contributed by atoms with E-state index in [1.165, 1.54) is 18.2 Å². The first-order valence-corrected chi connectivity index (χ1v) is 10.4. The van der Waals surface area contributed by atoms with Crippen LogP contribution in [0.25, 0.3) is 0 Å². The maximum atomic E-state index is 13.4. The highest BCUT2D eigenvalue weighted by Gasteiger charge is 2.37. The van der Waals surface area contributed by atoms with Gasteiger partial charge >= 0.3 is 0 Å². The first kappa shape index (κ1) is 19.8. The number of nitrogens with one attached hydrogen (secondary N) is 1. The van der Waals surface area contributed by atoms with Crippen molar-refractivity contribution in [1.82, 2.24) is 0 Å². The summed E-state index contributed by atoms with van der Waals surface area (Å²) in [5.41, 5.74) is 0.331. The van der Waals surface area contributed by atoms with Crippen molar-refractivity contribution in [3.05, 3.63) is 84.4 Å². The number of fused-ring (bicyclic) bond motifs is 1. The van der Waals surface area contributed by atoms with Crippen LogP contribution in [-0.2, 0) is 14.8 Å². The van der Waals surface area contributed by atoms with Crippen molar-refractivity contribution >= 4 is 27.3 Å². The van der Waals surface area contributed by atoms with Crippen LogP contribution in [0.5, 0.6) is 5.75 Å². The third-order valence-corrected chi connectivity index (χ3v) is 6.34. The summed E-state index contributed by atoms with van der Waals surface area (Å²) in [5.74, 6) is -2.63. The molecule has 1 heterocycles. The number of halogens is 2. The maximum Gasteiger partial charge on any atom is 0.267 e. The van der Waals surface area contributed by atoms with E-state index in [0.29, 0.717) is 5.69 Å². The first-order valence-electron chi connectivity index (χ1n) is 8.95. The van der Waals surface area contributed by atoms with Gasteiger partial charge in [-0.05, 0) is 36.4 Å². The molecule has 4 rings (SSSR count). The number of sulfonamides is 1. The van der Waals surface area contributed by atoms with E-state index >= 15 is 0 Å². The Bertz CT molecular complexity index is 1200. The van der Waals surface area contributed by atoms with Crippen LogP contribution in [0.2, 0.25) is 0 Å². The molecule has 3 aromatic rings. The molecule has 0 bridgehead atoms. The summed E-state index contributed by atoms with van der Waals surface area (Å²) in [4.78, 5) is 12.8. The molecule has 1 aliphatic rings. The molecule has 9 heteroatoms. The van der Waals surface area contributed by atoms with Gasteiger partial charge < -0.3 is 10.1 Å². The highest BCUT2D eigenvalue weighted by atomic mass is 32.2. The molecule has 1 amide bonds. The number of ether oxygens (including phenoxy) is 1. The number of carbonyl (C=O) groups excluding carboxylic acids is 1. The van der Waals surface area contributed by atoms with Gasteiger partial charge in [-0.2, -0.15) is 0 Å². The number of para-hydroxylation sites is 2. The topological polar surface area (TPSA) is 75.7 Å². The van der Waals surface area contributed by atoms with Crippen LogP contribution in [0.1, 0.15) is 0 Å². The molecule has 0 aliphatic carbocycles. The number of carbonyl (C=O) groups is 1. The van der Waals surface area contributed by atoms with Gasteiger partial charge in [0.15, 0.2) is 17.7 Å². The van der Waals surface area contributed by atoms with Crippen molar-refractivity contribution in [3.63, 3.8) is 0 Å². The van der Waals surface area contributed by atoms with Crippen LogP contribution in [0, 0.1) is 11.6 Å². The van der Waals surface area contributed by atoms with Gasteiger partial charge in [0, 0.05) is 11.8 Å². The summed E-state index contributed by atoms with van der Waals surface area (Å²) in [5, 5.41) is 2.43. The van der Waals surface area contributed by atoms with Crippen molar-refractivity contribution in [3.8, 4) is 5.75 Å². The van der Waals surface area contributed by atoms with Crippen molar-refractivity contribution in [2.45, 2.75) is 11.0 Å². The molecular formula is C21H16F2N2O4S. The van der Waals surface area contributed by atoms with E-state index in [1.54, 1.807) is 42.5 Å². The standard InChI is InChI=1S/C21H16F2N2O4S/c22-16-11-10-14(12-17(16)23)24-21(26)20-13-25(18-8-4-5-9-19(18)29-20)30(27,28)15-6-2-1-3-7-15/h1-12,20H,13H2,(H,24,26)/t20-/m1/s1. The number of hydrogen-bond acceptors (Lipinski definition) is 4. The zero-order chi connectivity index (χ0) is 21.3. The molecule has 0 saturated heterocycles. The minimum absolute atomic E-state index is 0.0267. The Morgan fingerprint density at radius 2 is 1.67 bits per heavy atom. The monoisotopic (exact) mass is 430 g/mol. The van der Waals surface area contributed by atoms with Crippen LogP contribution in [0.15, 0.2) is 77.7 Å². The van der Waals surface area contributed by atoms with E-state index in [2.05, 4.69) is 5.32 Å². The van der Waals surface area contributed by atoms with Gasteiger partial charge in [-0.1, -0.05) is 30.3 Å². The number of rotatable bonds is 4. The smallest absolute Gasteiger partial charge is 0.267 e. The molecule has 0 fully saturated rings. The molecule has 30 heavy (non-hydrogen) atoms. The average Bonchev–Trinajstić information content (AvgIpc) is 2.76. The fraction of sp³-hybridized carbons (Fsp3) is 0.0952. The summed E-state index contributed by atoms with van der Waals surface area (Å²) >= 11 is 0. The average molecular weight is 430 g/mol.